The van der Waals surface area contributed by atoms with E-state index in [0.717, 1.165) is 24.0 Å². The van der Waals surface area contributed by atoms with Crippen LogP contribution in [0.2, 0.25) is 0 Å². The molecular formula is C17H24O. The van der Waals surface area contributed by atoms with Gasteiger partial charge in [-0.05, 0) is 23.5 Å². The summed E-state index contributed by atoms with van der Waals surface area (Å²) < 4.78 is 0. The summed E-state index contributed by atoms with van der Waals surface area (Å²) in [4.78, 5) is 0. The minimum atomic E-state index is -0.478. The second-order valence-corrected chi connectivity index (χ2v) is 5.76. The second-order valence-electron chi connectivity index (χ2n) is 5.76. The van der Waals surface area contributed by atoms with Crippen LogP contribution in [0.25, 0.3) is 0 Å². The van der Waals surface area contributed by atoms with Gasteiger partial charge >= 0.3 is 0 Å². The molecule has 1 aromatic carbocycles. The van der Waals surface area contributed by atoms with Gasteiger partial charge in [0.2, 0.25) is 0 Å². The van der Waals surface area contributed by atoms with Crippen LogP contribution in [-0.2, 0) is 0 Å². The third-order valence-electron chi connectivity index (χ3n) is 2.95. The number of aliphatic hydroxyl groups excluding tert-OH is 1. The normalized spacial score (nSPS) is 12.7. The fourth-order valence-corrected chi connectivity index (χ4v) is 1.74. The molecule has 98 valence electrons. The van der Waals surface area contributed by atoms with Gasteiger partial charge in [-0.3, -0.25) is 0 Å². The van der Waals surface area contributed by atoms with Crippen LogP contribution in [0.3, 0.4) is 0 Å². The molecule has 0 spiro atoms. The summed E-state index contributed by atoms with van der Waals surface area (Å²) in [5, 5.41) is 10.4. The van der Waals surface area contributed by atoms with E-state index in [1.807, 2.05) is 45.0 Å². The van der Waals surface area contributed by atoms with E-state index in [-0.39, 0.29) is 5.41 Å². The van der Waals surface area contributed by atoms with Crippen LogP contribution in [0, 0.1) is 17.3 Å². The highest BCUT2D eigenvalue weighted by molar-refractivity contribution is 5.42. The van der Waals surface area contributed by atoms with Crippen LogP contribution in [0.1, 0.15) is 64.2 Å². The van der Waals surface area contributed by atoms with Crippen LogP contribution in [0.5, 0.6) is 0 Å². The van der Waals surface area contributed by atoms with Gasteiger partial charge in [-0.2, -0.15) is 0 Å². The molecule has 0 saturated heterocycles. The zero-order valence-corrected chi connectivity index (χ0v) is 12.0. The number of benzene rings is 1. The van der Waals surface area contributed by atoms with E-state index >= 15 is 0 Å². The van der Waals surface area contributed by atoms with Gasteiger partial charge in [-0.15, -0.1) is 0 Å². The van der Waals surface area contributed by atoms with Crippen molar-refractivity contribution in [1.29, 1.82) is 0 Å². The van der Waals surface area contributed by atoms with Gasteiger partial charge in [0.1, 0.15) is 0 Å². The summed E-state index contributed by atoms with van der Waals surface area (Å²) >= 11 is 0. The van der Waals surface area contributed by atoms with Crippen LogP contribution in [0.4, 0.5) is 0 Å². The Bertz CT molecular complexity index is 429. The Balaban J connectivity index is 2.95. The van der Waals surface area contributed by atoms with Crippen molar-refractivity contribution in [3.8, 4) is 11.8 Å². The number of hydrogen-bond acceptors (Lipinski definition) is 1. The molecule has 0 amide bonds. The fourth-order valence-electron chi connectivity index (χ4n) is 1.74. The van der Waals surface area contributed by atoms with Crippen molar-refractivity contribution in [2.75, 3.05) is 0 Å². The summed E-state index contributed by atoms with van der Waals surface area (Å²) in [5.41, 5.74) is 1.73. The molecule has 0 heterocycles. The van der Waals surface area contributed by atoms with Crippen LogP contribution in [-0.4, -0.2) is 5.11 Å². The molecule has 18 heavy (non-hydrogen) atoms. The van der Waals surface area contributed by atoms with Gasteiger partial charge in [-0.25, -0.2) is 0 Å². The van der Waals surface area contributed by atoms with Crippen molar-refractivity contribution in [1.82, 2.24) is 0 Å². The predicted octanol–water partition coefficient (Wildman–Crippen LogP) is 4.31. The molecule has 0 fully saturated rings. The molecular weight excluding hydrogens is 220 g/mol. The number of hydrogen-bond donors (Lipinski definition) is 1. The standard InChI is InChI=1S/C17H24O/c1-5-6-7-8-11-14-12-9-10-13-15(14)16(18)17(2,3)4/h9-10,12-13,16,18H,5-7H2,1-4H3. The van der Waals surface area contributed by atoms with E-state index in [9.17, 15) is 5.11 Å². The minimum Gasteiger partial charge on any atom is -0.388 e. The topological polar surface area (TPSA) is 20.2 Å². The molecule has 0 radical (unpaired) electrons. The van der Waals surface area contributed by atoms with E-state index in [1.54, 1.807) is 0 Å². The second kappa shape index (κ2) is 6.61. The van der Waals surface area contributed by atoms with Gasteiger partial charge in [-0.1, -0.05) is 64.2 Å². The lowest BCUT2D eigenvalue weighted by atomic mass is 9.83. The Hall–Kier alpha value is -1.26. The molecule has 1 rings (SSSR count). The maximum atomic E-state index is 10.4. The maximum absolute atomic E-state index is 10.4. The summed E-state index contributed by atoms with van der Waals surface area (Å²) in [6, 6.07) is 7.90. The first-order valence-electron chi connectivity index (χ1n) is 6.72. The van der Waals surface area contributed by atoms with Gasteiger partial charge in [0.05, 0.1) is 6.10 Å². The van der Waals surface area contributed by atoms with Crippen molar-refractivity contribution in [3.63, 3.8) is 0 Å². The first-order chi connectivity index (χ1) is 8.46. The Kier molecular flexibility index (Phi) is 5.44. The molecule has 0 aliphatic heterocycles. The molecule has 0 aromatic heterocycles. The largest absolute Gasteiger partial charge is 0.388 e. The highest BCUT2D eigenvalue weighted by Crippen LogP contribution is 2.33. The fraction of sp³-hybridized carbons (Fsp3) is 0.529. The highest BCUT2D eigenvalue weighted by atomic mass is 16.3. The lowest BCUT2D eigenvalue weighted by Crippen LogP contribution is -2.18. The Morgan fingerprint density at radius 2 is 1.89 bits per heavy atom. The van der Waals surface area contributed by atoms with Crippen molar-refractivity contribution < 1.29 is 5.11 Å². The molecule has 1 atom stereocenters. The third kappa shape index (κ3) is 4.20. The first-order valence-corrected chi connectivity index (χ1v) is 6.72. The Labute approximate surface area is 111 Å². The third-order valence-corrected chi connectivity index (χ3v) is 2.95. The Morgan fingerprint density at radius 1 is 1.22 bits per heavy atom. The summed E-state index contributed by atoms with van der Waals surface area (Å²) in [6.07, 6.45) is 2.75. The van der Waals surface area contributed by atoms with E-state index < -0.39 is 6.10 Å². The molecule has 1 N–H and O–H groups in total. The van der Waals surface area contributed by atoms with E-state index in [4.69, 9.17) is 0 Å². The number of rotatable bonds is 3. The van der Waals surface area contributed by atoms with E-state index in [2.05, 4.69) is 18.8 Å². The number of aliphatic hydroxyl groups is 1. The quantitative estimate of drug-likeness (QED) is 0.620. The van der Waals surface area contributed by atoms with Gasteiger partial charge in [0.15, 0.2) is 0 Å². The molecule has 1 nitrogen and oxygen atoms in total. The molecule has 0 bridgehead atoms. The van der Waals surface area contributed by atoms with E-state index in [0.29, 0.717) is 0 Å². The molecule has 1 unspecified atom stereocenters. The summed E-state index contributed by atoms with van der Waals surface area (Å²) in [6.45, 7) is 8.29. The Morgan fingerprint density at radius 3 is 2.50 bits per heavy atom. The zero-order valence-electron chi connectivity index (χ0n) is 12.0. The molecule has 0 aliphatic rings. The average molecular weight is 244 g/mol. The molecule has 1 aromatic rings. The maximum Gasteiger partial charge on any atom is 0.0850 e. The lowest BCUT2D eigenvalue weighted by molar-refractivity contribution is 0.0624. The highest BCUT2D eigenvalue weighted by Gasteiger charge is 2.25. The summed E-state index contributed by atoms with van der Waals surface area (Å²) in [5.74, 6) is 6.38. The monoisotopic (exact) mass is 244 g/mol. The number of unbranched alkanes of at least 4 members (excludes halogenated alkanes) is 2. The van der Waals surface area contributed by atoms with Gasteiger partial charge in [0.25, 0.3) is 0 Å². The van der Waals surface area contributed by atoms with Gasteiger partial charge < -0.3 is 5.11 Å². The van der Waals surface area contributed by atoms with Gasteiger partial charge in [0, 0.05) is 12.0 Å². The SMILES string of the molecule is CCCCC#Cc1ccccc1C(O)C(C)(C)C. The average Bonchev–Trinajstić information content (AvgIpc) is 2.33. The van der Waals surface area contributed by atoms with Crippen molar-refractivity contribution in [3.05, 3.63) is 35.4 Å². The zero-order chi connectivity index (χ0) is 13.6. The van der Waals surface area contributed by atoms with Crippen LogP contribution in [0.15, 0.2) is 24.3 Å². The molecule has 1 heteroatoms. The molecule has 0 aliphatic carbocycles. The van der Waals surface area contributed by atoms with Crippen molar-refractivity contribution in [2.24, 2.45) is 5.41 Å². The van der Waals surface area contributed by atoms with Crippen LogP contribution < -0.4 is 0 Å². The minimum absolute atomic E-state index is 0.165. The van der Waals surface area contributed by atoms with Crippen molar-refractivity contribution in [2.45, 2.75) is 53.1 Å². The van der Waals surface area contributed by atoms with Crippen LogP contribution >= 0.6 is 0 Å². The van der Waals surface area contributed by atoms with E-state index in [1.165, 1.54) is 6.42 Å². The predicted molar refractivity (Wildman–Crippen MR) is 77.3 cm³/mol. The van der Waals surface area contributed by atoms with Crippen molar-refractivity contribution >= 4 is 0 Å². The molecule has 0 saturated carbocycles. The summed E-state index contributed by atoms with van der Waals surface area (Å²) in [7, 11) is 0. The first kappa shape index (κ1) is 14.8. The lowest BCUT2D eigenvalue weighted by Gasteiger charge is -2.27. The smallest absolute Gasteiger partial charge is 0.0850 e.